The van der Waals surface area contributed by atoms with Crippen molar-refractivity contribution in [1.82, 2.24) is 4.90 Å². The lowest BCUT2D eigenvalue weighted by molar-refractivity contribution is -0.384. The zero-order valence-electron chi connectivity index (χ0n) is 15.9. The van der Waals surface area contributed by atoms with Crippen molar-refractivity contribution in [2.45, 2.75) is 38.5 Å². The monoisotopic (exact) mass is 404 g/mol. The standard InChI is InChI=1S/C19H20N2O8/c1-10(22)16-14-7-12(8-15(23)28-2)17(20(14)18(16)24)19(25)29-9-11-3-5-13(6-4-11)21(26)27/h3-6,10,14,16,22H,7-9H2,1-2H3/t10-,14-,16-/m1/s1. The van der Waals surface area contributed by atoms with Gasteiger partial charge in [-0.3, -0.25) is 19.7 Å². The first-order valence-corrected chi connectivity index (χ1v) is 8.95. The Morgan fingerprint density at radius 1 is 1.34 bits per heavy atom. The van der Waals surface area contributed by atoms with E-state index in [1.165, 1.54) is 43.2 Å². The predicted octanol–water partition coefficient (Wildman–Crippen LogP) is 1.07. The molecule has 2 aliphatic rings. The minimum Gasteiger partial charge on any atom is -0.469 e. The van der Waals surface area contributed by atoms with Gasteiger partial charge >= 0.3 is 11.9 Å². The van der Waals surface area contributed by atoms with E-state index in [2.05, 4.69) is 4.74 Å². The van der Waals surface area contributed by atoms with Crippen LogP contribution in [-0.2, 0) is 30.5 Å². The van der Waals surface area contributed by atoms with E-state index in [1.807, 2.05) is 0 Å². The number of hydrogen-bond donors (Lipinski definition) is 1. The van der Waals surface area contributed by atoms with Crippen molar-refractivity contribution in [3.63, 3.8) is 0 Å². The second-order valence-corrected chi connectivity index (χ2v) is 6.95. The maximum Gasteiger partial charge on any atom is 0.355 e. The smallest absolute Gasteiger partial charge is 0.355 e. The number of nitro groups is 1. The van der Waals surface area contributed by atoms with Gasteiger partial charge in [-0.1, -0.05) is 0 Å². The molecule has 0 aromatic heterocycles. The average Bonchev–Trinajstić information content (AvgIpc) is 2.99. The second-order valence-electron chi connectivity index (χ2n) is 6.95. The van der Waals surface area contributed by atoms with Gasteiger partial charge in [0.1, 0.15) is 12.3 Å². The van der Waals surface area contributed by atoms with Crippen LogP contribution in [-0.4, -0.2) is 52.0 Å². The van der Waals surface area contributed by atoms with Gasteiger partial charge in [-0.2, -0.15) is 0 Å². The number of methoxy groups -OCH3 is 1. The normalized spacial score (nSPS) is 21.3. The molecule has 1 saturated heterocycles. The van der Waals surface area contributed by atoms with Gasteiger partial charge in [-0.05, 0) is 36.6 Å². The summed E-state index contributed by atoms with van der Waals surface area (Å²) in [5.41, 5.74) is 0.874. The molecule has 1 N–H and O–H groups in total. The van der Waals surface area contributed by atoms with E-state index in [-0.39, 0.29) is 30.8 Å². The van der Waals surface area contributed by atoms with Gasteiger partial charge in [-0.25, -0.2) is 4.79 Å². The number of carbonyl (C=O) groups excluding carboxylic acids is 3. The van der Waals surface area contributed by atoms with E-state index in [0.717, 1.165) is 0 Å². The summed E-state index contributed by atoms with van der Waals surface area (Å²) in [7, 11) is 1.23. The van der Waals surface area contributed by atoms with Crippen LogP contribution in [0.5, 0.6) is 0 Å². The van der Waals surface area contributed by atoms with Crippen molar-refractivity contribution in [2.24, 2.45) is 5.92 Å². The van der Waals surface area contributed by atoms with E-state index in [9.17, 15) is 29.6 Å². The summed E-state index contributed by atoms with van der Waals surface area (Å²) in [5, 5.41) is 20.5. The molecule has 1 aromatic carbocycles. The van der Waals surface area contributed by atoms with Gasteiger partial charge in [0.05, 0.1) is 36.5 Å². The lowest BCUT2D eigenvalue weighted by Gasteiger charge is -2.44. The molecule has 3 rings (SSSR count). The first-order valence-electron chi connectivity index (χ1n) is 8.95. The molecule has 0 bridgehead atoms. The number of hydrogen-bond acceptors (Lipinski definition) is 8. The lowest BCUT2D eigenvalue weighted by atomic mass is 9.83. The van der Waals surface area contributed by atoms with Crippen molar-refractivity contribution < 1.29 is 33.9 Å². The number of esters is 2. The van der Waals surface area contributed by atoms with Crippen molar-refractivity contribution in [3.8, 4) is 0 Å². The highest BCUT2D eigenvalue weighted by atomic mass is 16.6. The van der Waals surface area contributed by atoms with E-state index in [4.69, 9.17) is 4.74 Å². The van der Waals surface area contributed by atoms with Gasteiger partial charge in [0, 0.05) is 12.1 Å². The molecule has 10 nitrogen and oxygen atoms in total. The zero-order valence-corrected chi connectivity index (χ0v) is 15.9. The first kappa shape index (κ1) is 20.5. The van der Waals surface area contributed by atoms with Crippen molar-refractivity contribution in [3.05, 3.63) is 51.2 Å². The molecule has 10 heteroatoms. The van der Waals surface area contributed by atoms with Crippen LogP contribution in [0.4, 0.5) is 5.69 Å². The fourth-order valence-electron chi connectivity index (χ4n) is 3.68. The highest BCUT2D eigenvalue weighted by Crippen LogP contribution is 2.45. The largest absolute Gasteiger partial charge is 0.469 e. The number of fused-ring (bicyclic) bond motifs is 1. The number of nitrogens with zero attached hydrogens (tertiary/aromatic N) is 2. The highest BCUT2D eigenvalue weighted by Gasteiger charge is 2.56. The number of non-ortho nitro benzene ring substituents is 1. The van der Waals surface area contributed by atoms with Crippen LogP contribution < -0.4 is 0 Å². The van der Waals surface area contributed by atoms with Crippen LogP contribution in [0, 0.1) is 16.0 Å². The minimum atomic E-state index is -0.876. The Labute approximate surface area is 165 Å². The Kier molecular flexibility index (Phi) is 5.64. The van der Waals surface area contributed by atoms with Crippen LogP contribution in [0.3, 0.4) is 0 Å². The first-order chi connectivity index (χ1) is 13.7. The molecular weight excluding hydrogens is 384 g/mol. The topological polar surface area (TPSA) is 136 Å². The molecule has 0 spiro atoms. The molecule has 154 valence electrons. The van der Waals surface area contributed by atoms with Crippen LogP contribution in [0.25, 0.3) is 0 Å². The summed E-state index contributed by atoms with van der Waals surface area (Å²) < 4.78 is 9.94. The molecule has 1 fully saturated rings. The Balaban J connectivity index is 1.76. The number of carbonyl (C=O) groups is 3. The molecule has 0 aliphatic carbocycles. The molecule has 0 saturated carbocycles. The number of aliphatic hydroxyl groups is 1. The maximum atomic E-state index is 12.7. The van der Waals surface area contributed by atoms with E-state index in [0.29, 0.717) is 11.1 Å². The quantitative estimate of drug-likeness (QED) is 0.308. The van der Waals surface area contributed by atoms with Crippen molar-refractivity contribution in [2.75, 3.05) is 7.11 Å². The summed E-state index contributed by atoms with van der Waals surface area (Å²) in [6, 6.07) is 5.12. The summed E-state index contributed by atoms with van der Waals surface area (Å²) >= 11 is 0. The van der Waals surface area contributed by atoms with Crippen LogP contribution >= 0.6 is 0 Å². The van der Waals surface area contributed by atoms with E-state index in [1.54, 1.807) is 0 Å². The second kappa shape index (κ2) is 8.00. The third-order valence-corrected chi connectivity index (χ3v) is 5.12. The Morgan fingerprint density at radius 3 is 2.55 bits per heavy atom. The SMILES string of the molecule is COC(=O)CC1=C(C(=O)OCc2ccc([N+](=O)[O-])cc2)N2C(=O)[C@H]([C@@H](C)O)[C@H]2C1. The molecule has 3 atom stereocenters. The lowest BCUT2D eigenvalue weighted by Crippen LogP contribution is -2.61. The zero-order chi connectivity index (χ0) is 21.3. The molecule has 2 aliphatic heterocycles. The van der Waals surface area contributed by atoms with Gasteiger partial charge < -0.3 is 19.5 Å². The molecule has 1 aromatic rings. The predicted molar refractivity (Wildman–Crippen MR) is 97.0 cm³/mol. The van der Waals surface area contributed by atoms with Crippen LogP contribution in [0.1, 0.15) is 25.3 Å². The Hall–Kier alpha value is -3.27. The third kappa shape index (κ3) is 3.83. The van der Waals surface area contributed by atoms with E-state index < -0.39 is 40.8 Å². The van der Waals surface area contributed by atoms with Crippen LogP contribution in [0.2, 0.25) is 0 Å². The molecule has 1 amide bonds. The number of nitro benzene ring substituents is 1. The maximum absolute atomic E-state index is 12.7. The van der Waals surface area contributed by atoms with Gasteiger partial charge in [-0.15, -0.1) is 0 Å². The fourth-order valence-corrected chi connectivity index (χ4v) is 3.68. The average molecular weight is 404 g/mol. The number of amides is 1. The number of benzene rings is 1. The summed E-state index contributed by atoms with van der Waals surface area (Å²) in [6.07, 6.45) is -0.762. The number of ether oxygens (including phenoxy) is 2. The van der Waals surface area contributed by atoms with Gasteiger partial charge in [0.25, 0.3) is 5.69 Å². The van der Waals surface area contributed by atoms with Crippen LogP contribution in [0.15, 0.2) is 35.5 Å². The van der Waals surface area contributed by atoms with Gasteiger partial charge in [0.15, 0.2) is 0 Å². The van der Waals surface area contributed by atoms with Crippen molar-refractivity contribution in [1.29, 1.82) is 0 Å². The summed E-state index contributed by atoms with van der Waals surface area (Å²) in [6.45, 7) is 1.35. The summed E-state index contributed by atoms with van der Waals surface area (Å²) in [5.74, 6) is -2.36. The molecule has 0 radical (unpaired) electrons. The van der Waals surface area contributed by atoms with Gasteiger partial charge in [0.2, 0.25) is 5.91 Å². The summed E-state index contributed by atoms with van der Waals surface area (Å²) in [4.78, 5) is 48.3. The van der Waals surface area contributed by atoms with E-state index >= 15 is 0 Å². The Bertz CT molecular complexity index is 890. The molecule has 29 heavy (non-hydrogen) atoms. The number of aliphatic hydroxyl groups excluding tert-OH is 1. The van der Waals surface area contributed by atoms with Crippen molar-refractivity contribution >= 4 is 23.5 Å². The fraction of sp³-hybridized carbons (Fsp3) is 0.421. The minimum absolute atomic E-state index is 0.00390. The number of β-lactam (4-membered cyclic amide) rings is 1. The molecule has 0 unspecified atom stereocenters. The molecule has 2 heterocycles. The Morgan fingerprint density at radius 2 is 2.00 bits per heavy atom. The highest BCUT2D eigenvalue weighted by molar-refractivity contribution is 6.01. The number of rotatable bonds is 7. The third-order valence-electron chi connectivity index (χ3n) is 5.12. The molecular formula is C19H20N2O8.